The lowest BCUT2D eigenvalue weighted by Gasteiger charge is -2.12. The van der Waals surface area contributed by atoms with Crippen LogP contribution in [0.4, 0.5) is 5.69 Å². The van der Waals surface area contributed by atoms with E-state index in [4.69, 9.17) is 35.4 Å². The molecule has 1 heterocycles. The van der Waals surface area contributed by atoms with Crippen molar-refractivity contribution < 1.29 is 0 Å². The summed E-state index contributed by atoms with van der Waals surface area (Å²) >= 11 is 17.2. The van der Waals surface area contributed by atoms with E-state index < -0.39 is 0 Å². The minimum atomic E-state index is 0.524. The standard InChI is InChI=1S/C14H16Cl2N4S/c1-10-5-7-18-20(10)8-2-6-17-14(21)19-13-9-11(15)3-4-12(13)16/h3-5,7,9H,2,6,8H2,1H3,(H2,17,19,21). The molecule has 21 heavy (non-hydrogen) atoms. The van der Waals surface area contributed by atoms with E-state index in [0.717, 1.165) is 25.2 Å². The van der Waals surface area contributed by atoms with Crippen LogP contribution in [0.3, 0.4) is 0 Å². The van der Waals surface area contributed by atoms with Crippen LogP contribution in [0.2, 0.25) is 10.0 Å². The molecule has 1 aromatic heterocycles. The lowest BCUT2D eigenvalue weighted by molar-refractivity contribution is 0.561. The van der Waals surface area contributed by atoms with E-state index in [1.54, 1.807) is 24.4 Å². The zero-order valence-corrected chi connectivity index (χ0v) is 13.9. The van der Waals surface area contributed by atoms with Crippen molar-refractivity contribution in [1.82, 2.24) is 15.1 Å². The van der Waals surface area contributed by atoms with Crippen molar-refractivity contribution in [2.45, 2.75) is 19.9 Å². The van der Waals surface area contributed by atoms with Crippen LogP contribution in [-0.4, -0.2) is 21.4 Å². The SMILES string of the molecule is Cc1ccnn1CCCNC(=S)Nc1cc(Cl)ccc1Cl. The highest BCUT2D eigenvalue weighted by Gasteiger charge is 2.03. The Hall–Kier alpha value is -1.30. The summed E-state index contributed by atoms with van der Waals surface area (Å²) in [5.74, 6) is 0. The van der Waals surface area contributed by atoms with Crippen LogP contribution >= 0.6 is 35.4 Å². The number of hydrogen-bond donors (Lipinski definition) is 2. The second-order valence-electron chi connectivity index (χ2n) is 4.55. The monoisotopic (exact) mass is 342 g/mol. The van der Waals surface area contributed by atoms with Crippen molar-refractivity contribution in [3.8, 4) is 0 Å². The summed E-state index contributed by atoms with van der Waals surface area (Å²) in [6.45, 7) is 3.64. The molecule has 0 fully saturated rings. The molecule has 0 aliphatic carbocycles. The van der Waals surface area contributed by atoms with Crippen molar-refractivity contribution in [3.05, 3.63) is 46.2 Å². The van der Waals surface area contributed by atoms with Crippen LogP contribution in [-0.2, 0) is 6.54 Å². The van der Waals surface area contributed by atoms with Crippen LogP contribution in [0.1, 0.15) is 12.1 Å². The average Bonchev–Trinajstić information content (AvgIpc) is 2.84. The molecule has 112 valence electrons. The molecule has 0 unspecified atom stereocenters. The first-order chi connectivity index (χ1) is 10.1. The van der Waals surface area contributed by atoms with E-state index >= 15 is 0 Å². The maximum atomic E-state index is 6.07. The lowest BCUT2D eigenvalue weighted by Crippen LogP contribution is -2.30. The van der Waals surface area contributed by atoms with Gasteiger partial charge in [0.1, 0.15) is 0 Å². The zero-order valence-electron chi connectivity index (χ0n) is 11.6. The Morgan fingerprint density at radius 3 is 2.86 bits per heavy atom. The molecule has 4 nitrogen and oxygen atoms in total. The van der Waals surface area contributed by atoms with Gasteiger partial charge in [0.15, 0.2) is 5.11 Å². The van der Waals surface area contributed by atoms with E-state index in [2.05, 4.69) is 15.7 Å². The second kappa shape index (κ2) is 7.64. The van der Waals surface area contributed by atoms with Gasteiger partial charge in [0.25, 0.3) is 0 Å². The number of aryl methyl sites for hydroxylation is 2. The third-order valence-corrected chi connectivity index (χ3v) is 3.75. The Bertz CT molecular complexity index is 627. The van der Waals surface area contributed by atoms with Gasteiger partial charge in [-0.15, -0.1) is 0 Å². The van der Waals surface area contributed by atoms with Gasteiger partial charge in [0, 0.05) is 30.0 Å². The van der Waals surface area contributed by atoms with Crippen LogP contribution in [0, 0.1) is 6.92 Å². The number of thiocarbonyl (C=S) groups is 1. The molecule has 0 radical (unpaired) electrons. The third kappa shape index (κ3) is 4.88. The van der Waals surface area contributed by atoms with Gasteiger partial charge in [-0.2, -0.15) is 5.10 Å². The molecule has 0 bridgehead atoms. The molecule has 2 aromatic rings. The van der Waals surface area contributed by atoms with Crippen LogP contribution < -0.4 is 10.6 Å². The van der Waals surface area contributed by atoms with Crippen molar-refractivity contribution in [1.29, 1.82) is 0 Å². The molecule has 7 heteroatoms. The highest BCUT2D eigenvalue weighted by molar-refractivity contribution is 7.80. The first-order valence-corrected chi connectivity index (χ1v) is 7.71. The molecule has 0 saturated carbocycles. The van der Waals surface area contributed by atoms with Crippen molar-refractivity contribution in [2.75, 3.05) is 11.9 Å². The summed E-state index contributed by atoms with van der Waals surface area (Å²) in [5.41, 5.74) is 1.85. The molecule has 0 atom stereocenters. The van der Waals surface area contributed by atoms with Gasteiger partial charge >= 0.3 is 0 Å². The molecular weight excluding hydrogens is 327 g/mol. The van der Waals surface area contributed by atoms with Gasteiger partial charge in [0.2, 0.25) is 0 Å². The van der Waals surface area contributed by atoms with E-state index in [-0.39, 0.29) is 0 Å². The first kappa shape index (κ1) is 16.1. The highest BCUT2D eigenvalue weighted by atomic mass is 35.5. The Kier molecular flexibility index (Phi) is 5.85. The predicted octanol–water partition coefficient (Wildman–Crippen LogP) is 3.88. The van der Waals surface area contributed by atoms with Gasteiger partial charge in [-0.25, -0.2) is 0 Å². The van der Waals surface area contributed by atoms with Gasteiger partial charge < -0.3 is 10.6 Å². The fourth-order valence-corrected chi connectivity index (χ4v) is 2.37. The topological polar surface area (TPSA) is 41.9 Å². The number of nitrogens with one attached hydrogen (secondary N) is 2. The maximum Gasteiger partial charge on any atom is 0.170 e. The minimum absolute atomic E-state index is 0.524. The third-order valence-electron chi connectivity index (χ3n) is 2.94. The largest absolute Gasteiger partial charge is 0.362 e. The molecule has 0 spiro atoms. The maximum absolute atomic E-state index is 6.07. The molecule has 1 aromatic carbocycles. The van der Waals surface area contributed by atoms with E-state index in [0.29, 0.717) is 20.8 Å². The number of hydrogen-bond acceptors (Lipinski definition) is 2. The summed E-state index contributed by atoms with van der Waals surface area (Å²) < 4.78 is 1.96. The van der Waals surface area contributed by atoms with E-state index in [9.17, 15) is 0 Å². The number of halogens is 2. The Morgan fingerprint density at radius 2 is 2.14 bits per heavy atom. The number of benzene rings is 1. The van der Waals surface area contributed by atoms with Crippen LogP contribution in [0.25, 0.3) is 0 Å². The van der Waals surface area contributed by atoms with Gasteiger partial charge in [-0.3, -0.25) is 4.68 Å². The van der Waals surface area contributed by atoms with Crippen molar-refractivity contribution in [2.24, 2.45) is 0 Å². The number of rotatable bonds is 5. The molecule has 2 rings (SSSR count). The quantitative estimate of drug-likeness (QED) is 0.639. The number of aromatic nitrogens is 2. The molecular formula is C14H16Cl2N4S. The molecule has 0 aliphatic rings. The molecule has 2 N–H and O–H groups in total. The summed E-state index contributed by atoms with van der Waals surface area (Å²) in [4.78, 5) is 0. The first-order valence-electron chi connectivity index (χ1n) is 6.54. The van der Waals surface area contributed by atoms with Gasteiger partial charge in [-0.05, 0) is 49.8 Å². The predicted molar refractivity (Wildman–Crippen MR) is 92.3 cm³/mol. The molecule has 0 amide bonds. The minimum Gasteiger partial charge on any atom is -0.362 e. The zero-order chi connectivity index (χ0) is 15.2. The van der Waals surface area contributed by atoms with Gasteiger partial charge in [-0.1, -0.05) is 23.2 Å². The smallest absolute Gasteiger partial charge is 0.170 e. The van der Waals surface area contributed by atoms with Crippen molar-refractivity contribution >= 4 is 46.2 Å². The fourth-order valence-electron chi connectivity index (χ4n) is 1.82. The molecule has 0 aliphatic heterocycles. The summed E-state index contributed by atoms with van der Waals surface area (Å²) in [6, 6.07) is 7.19. The number of nitrogens with zero attached hydrogens (tertiary/aromatic N) is 2. The van der Waals surface area contributed by atoms with E-state index in [1.165, 1.54) is 0 Å². The fraction of sp³-hybridized carbons (Fsp3) is 0.286. The Labute approximate surface area is 139 Å². The van der Waals surface area contributed by atoms with Gasteiger partial charge in [0.05, 0.1) is 10.7 Å². The highest BCUT2D eigenvalue weighted by Crippen LogP contribution is 2.25. The van der Waals surface area contributed by atoms with Crippen LogP contribution in [0.15, 0.2) is 30.5 Å². The Morgan fingerprint density at radius 1 is 1.33 bits per heavy atom. The lowest BCUT2D eigenvalue weighted by atomic mass is 10.3. The second-order valence-corrected chi connectivity index (χ2v) is 5.81. The average molecular weight is 343 g/mol. The van der Waals surface area contributed by atoms with Crippen LogP contribution in [0.5, 0.6) is 0 Å². The number of anilines is 1. The summed E-state index contributed by atoms with van der Waals surface area (Å²) in [6.07, 6.45) is 2.73. The summed E-state index contributed by atoms with van der Waals surface area (Å²) in [5, 5.41) is 12.1. The van der Waals surface area contributed by atoms with E-state index in [1.807, 2.05) is 17.7 Å². The molecule has 0 saturated heterocycles. The Balaban J connectivity index is 1.75. The normalized spacial score (nSPS) is 10.4. The summed E-state index contributed by atoms with van der Waals surface area (Å²) in [7, 11) is 0. The van der Waals surface area contributed by atoms with Crippen molar-refractivity contribution in [3.63, 3.8) is 0 Å².